The molecule has 88 valence electrons. The molecule has 1 aromatic rings. The van der Waals surface area contributed by atoms with E-state index < -0.39 is 11.8 Å². The standard InChI is InChI=1S/C11H14FNO3/c1-7-5-10(8(12)6-9(7)13)16-4-3-11(14)15-2/h5-6H,3-4,13H2,1-2H3. The van der Waals surface area contributed by atoms with Gasteiger partial charge in [0, 0.05) is 11.8 Å². The SMILES string of the molecule is COC(=O)CCOc1cc(C)c(N)cc1F. The number of rotatable bonds is 4. The fourth-order valence-corrected chi connectivity index (χ4v) is 1.13. The topological polar surface area (TPSA) is 61.5 Å². The third kappa shape index (κ3) is 3.12. The van der Waals surface area contributed by atoms with Gasteiger partial charge < -0.3 is 15.2 Å². The number of esters is 1. The summed E-state index contributed by atoms with van der Waals surface area (Å²) in [4.78, 5) is 10.8. The monoisotopic (exact) mass is 227 g/mol. The van der Waals surface area contributed by atoms with Gasteiger partial charge in [-0.05, 0) is 18.6 Å². The van der Waals surface area contributed by atoms with E-state index in [1.807, 2.05) is 0 Å². The Balaban J connectivity index is 2.60. The maximum absolute atomic E-state index is 13.3. The summed E-state index contributed by atoms with van der Waals surface area (Å²) in [6, 6.07) is 2.70. The molecule has 16 heavy (non-hydrogen) atoms. The zero-order valence-corrected chi connectivity index (χ0v) is 9.25. The van der Waals surface area contributed by atoms with E-state index in [-0.39, 0.29) is 18.8 Å². The van der Waals surface area contributed by atoms with Crippen molar-refractivity contribution in [1.82, 2.24) is 0 Å². The van der Waals surface area contributed by atoms with Crippen molar-refractivity contribution in [2.45, 2.75) is 13.3 Å². The lowest BCUT2D eigenvalue weighted by molar-refractivity contribution is -0.141. The number of hydrogen-bond donors (Lipinski definition) is 1. The van der Waals surface area contributed by atoms with Crippen LogP contribution in [0.5, 0.6) is 5.75 Å². The molecule has 0 saturated carbocycles. The van der Waals surface area contributed by atoms with Gasteiger partial charge in [0.05, 0.1) is 20.1 Å². The van der Waals surface area contributed by atoms with Gasteiger partial charge in [-0.2, -0.15) is 0 Å². The summed E-state index contributed by atoms with van der Waals surface area (Å²) in [5, 5.41) is 0. The molecule has 2 N–H and O–H groups in total. The van der Waals surface area contributed by atoms with E-state index in [1.54, 1.807) is 6.92 Å². The van der Waals surface area contributed by atoms with Crippen molar-refractivity contribution < 1.29 is 18.7 Å². The highest BCUT2D eigenvalue weighted by atomic mass is 19.1. The van der Waals surface area contributed by atoms with Crippen LogP contribution in [0.2, 0.25) is 0 Å². The first kappa shape index (κ1) is 12.3. The van der Waals surface area contributed by atoms with E-state index in [9.17, 15) is 9.18 Å². The molecule has 0 unspecified atom stereocenters. The number of hydrogen-bond acceptors (Lipinski definition) is 4. The largest absolute Gasteiger partial charge is 0.490 e. The maximum atomic E-state index is 13.3. The lowest BCUT2D eigenvalue weighted by Crippen LogP contribution is -2.08. The summed E-state index contributed by atoms with van der Waals surface area (Å²) in [6.45, 7) is 1.83. The third-order valence-electron chi connectivity index (χ3n) is 2.11. The summed E-state index contributed by atoms with van der Waals surface area (Å²) >= 11 is 0. The minimum atomic E-state index is -0.534. The molecule has 4 nitrogen and oxygen atoms in total. The first-order valence-corrected chi connectivity index (χ1v) is 4.80. The molecule has 0 aromatic heterocycles. The average Bonchev–Trinajstić information content (AvgIpc) is 2.25. The summed E-state index contributed by atoms with van der Waals surface area (Å²) in [5.41, 5.74) is 6.62. The third-order valence-corrected chi connectivity index (χ3v) is 2.11. The molecule has 0 radical (unpaired) electrons. The highest BCUT2D eigenvalue weighted by Crippen LogP contribution is 2.23. The molecule has 0 heterocycles. The van der Waals surface area contributed by atoms with Gasteiger partial charge in [-0.3, -0.25) is 4.79 Å². The number of carbonyl (C=O) groups is 1. The van der Waals surface area contributed by atoms with Crippen LogP contribution in [0.1, 0.15) is 12.0 Å². The number of halogens is 1. The Kier molecular flexibility index (Phi) is 4.10. The van der Waals surface area contributed by atoms with Crippen molar-refractivity contribution >= 4 is 11.7 Å². The summed E-state index contributed by atoms with van der Waals surface area (Å²) < 4.78 is 22.9. The molecule has 0 fully saturated rings. The number of carbonyl (C=O) groups excluding carboxylic acids is 1. The first-order valence-electron chi connectivity index (χ1n) is 4.80. The predicted octanol–water partition coefficient (Wildman–Crippen LogP) is 1.66. The number of ether oxygens (including phenoxy) is 2. The van der Waals surface area contributed by atoms with E-state index in [0.29, 0.717) is 5.69 Å². The van der Waals surface area contributed by atoms with Crippen LogP contribution in [0.4, 0.5) is 10.1 Å². The van der Waals surface area contributed by atoms with E-state index >= 15 is 0 Å². The van der Waals surface area contributed by atoms with Gasteiger partial charge in [0.25, 0.3) is 0 Å². The maximum Gasteiger partial charge on any atom is 0.308 e. The Labute approximate surface area is 93.2 Å². The number of nitrogens with two attached hydrogens (primary N) is 1. The summed E-state index contributed by atoms with van der Waals surface area (Å²) in [5.74, 6) is -0.837. The molecule has 0 aliphatic heterocycles. The highest BCUT2D eigenvalue weighted by Gasteiger charge is 2.07. The van der Waals surface area contributed by atoms with Gasteiger partial charge in [-0.25, -0.2) is 4.39 Å². The number of benzene rings is 1. The normalized spacial score (nSPS) is 9.94. The average molecular weight is 227 g/mol. The molecule has 5 heteroatoms. The van der Waals surface area contributed by atoms with Crippen LogP contribution < -0.4 is 10.5 Å². The molecule has 0 spiro atoms. The summed E-state index contributed by atoms with van der Waals surface area (Å²) in [7, 11) is 1.29. The fraction of sp³-hybridized carbons (Fsp3) is 0.364. The second-order valence-electron chi connectivity index (χ2n) is 3.31. The lowest BCUT2D eigenvalue weighted by Gasteiger charge is -2.08. The zero-order chi connectivity index (χ0) is 12.1. The lowest BCUT2D eigenvalue weighted by atomic mass is 10.2. The molecule has 0 aliphatic rings. The number of aryl methyl sites for hydroxylation is 1. The number of anilines is 1. The van der Waals surface area contributed by atoms with Crippen molar-refractivity contribution in [2.75, 3.05) is 19.5 Å². The Bertz CT molecular complexity index is 393. The Morgan fingerprint density at radius 3 is 2.81 bits per heavy atom. The van der Waals surface area contributed by atoms with Crippen LogP contribution in [0.25, 0.3) is 0 Å². The van der Waals surface area contributed by atoms with E-state index in [1.165, 1.54) is 19.2 Å². The van der Waals surface area contributed by atoms with Gasteiger partial charge in [0.1, 0.15) is 0 Å². The highest BCUT2D eigenvalue weighted by molar-refractivity contribution is 5.69. The quantitative estimate of drug-likeness (QED) is 0.627. The van der Waals surface area contributed by atoms with Crippen molar-refractivity contribution in [2.24, 2.45) is 0 Å². The van der Waals surface area contributed by atoms with E-state index in [0.717, 1.165) is 5.56 Å². The molecule has 0 atom stereocenters. The molecular weight excluding hydrogens is 213 g/mol. The Morgan fingerprint density at radius 2 is 2.19 bits per heavy atom. The molecule has 1 aromatic carbocycles. The van der Waals surface area contributed by atoms with E-state index in [4.69, 9.17) is 10.5 Å². The molecule has 1 rings (SSSR count). The minimum Gasteiger partial charge on any atom is -0.490 e. The Hall–Kier alpha value is -1.78. The smallest absolute Gasteiger partial charge is 0.308 e. The van der Waals surface area contributed by atoms with Crippen LogP contribution in [0.15, 0.2) is 12.1 Å². The minimum absolute atomic E-state index is 0.0763. The molecule has 0 saturated heterocycles. The number of methoxy groups -OCH3 is 1. The fourth-order valence-electron chi connectivity index (χ4n) is 1.13. The van der Waals surface area contributed by atoms with Crippen LogP contribution in [-0.4, -0.2) is 19.7 Å². The van der Waals surface area contributed by atoms with Gasteiger partial charge in [0.2, 0.25) is 0 Å². The molecule has 0 aliphatic carbocycles. The van der Waals surface area contributed by atoms with Crippen LogP contribution in [0.3, 0.4) is 0 Å². The van der Waals surface area contributed by atoms with E-state index in [2.05, 4.69) is 4.74 Å². The second kappa shape index (κ2) is 5.34. The Morgan fingerprint density at radius 1 is 1.50 bits per heavy atom. The van der Waals surface area contributed by atoms with Crippen molar-refractivity contribution in [1.29, 1.82) is 0 Å². The van der Waals surface area contributed by atoms with Crippen LogP contribution in [-0.2, 0) is 9.53 Å². The van der Waals surface area contributed by atoms with Crippen molar-refractivity contribution in [3.63, 3.8) is 0 Å². The van der Waals surface area contributed by atoms with Gasteiger partial charge in [-0.15, -0.1) is 0 Å². The van der Waals surface area contributed by atoms with Gasteiger partial charge in [0.15, 0.2) is 11.6 Å². The molecule has 0 bridgehead atoms. The molecular formula is C11H14FNO3. The first-order chi connectivity index (χ1) is 7.54. The zero-order valence-electron chi connectivity index (χ0n) is 9.25. The van der Waals surface area contributed by atoms with Crippen LogP contribution in [0, 0.1) is 12.7 Å². The van der Waals surface area contributed by atoms with Gasteiger partial charge in [-0.1, -0.05) is 0 Å². The van der Waals surface area contributed by atoms with Crippen LogP contribution >= 0.6 is 0 Å². The second-order valence-corrected chi connectivity index (χ2v) is 3.31. The van der Waals surface area contributed by atoms with Crippen molar-refractivity contribution in [3.05, 3.63) is 23.5 Å². The molecule has 0 amide bonds. The number of nitrogen functional groups attached to an aromatic ring is 1. The summed E-state index contributed by atoms with van der Waals surface area (Å²) in [6.07, 6.45) is 0.0827. The van der Waals surface area contributed by atoms with Gasteiger partial charge >= 0.3 is 5.97 Å². The van der Waals surface area contributed by atoms with Crippen molar-refractivity contribution in [3.8, 4) is 5.75 Å². The predicted molar refractivity (Wildman–Crippen MR) is 57.7 cm³/mol.